The minimum Gasteiger partial charge on any atom is -0.356 e. The number of anilines is 2. The number of benzene rings is 4. The van der Waals surface area contributed by atoms with E-state index in [4.69, 9.17) is 23.2 Å². The van der Waals surface area contributed by atoms with Crippen LogP contribution in [0.5, 0.6) is 0 Å². The van der Waals surface area contributed by atoms with Crippen LogP contribution in [0, 0.1) is 0 Å². The Hall–Kier alpha value is -4.46. The highest BCUT2D eigenvalue weighted by Crippen LogP contribution is 2.31. The molecule has 0 spiro atoms. The number of carbonyl (C=O) groups is 4. The van der Waals surface area contributed by atoms with Gasteiger partial charge in [-0.05, 0) is 72.6 Å². The number of halogens is 2. The van der Waals surface area contributed by atoms with Gasteiger partial charge in [0.1, 0.15) is 0 Å². The lowest BCUT2D eigenvalue weighted by atomic mass is 9.99. The lowest BCUT2D eigenvalue weighted by Crippen LogP contribution is -2.25. The van der Waals surface area contributed by atoms with Gasteiger partial charge >= 0.3 is 0 Å². The summed E-state index contributed by atoms with van der Waals surface area (Å²) in [6.07, 6.45) is -0.257. The van der Waals surface area contributed by atoms with Crippen molar-refractivity contribution in [2.24, 2.45) is 0 Å². The first-order valence-corrected chi connectivity index (χ1v) is 13.2. The molecular weight excluding hydrogens is 549 g/mol. The number of amides is 3. The topological polar surface area (TPSA) is 104 Å². The SMILES string of the molecule is CCNC(=O)CC(=O)c1cccc(-c2ccc(NC(=O)c3cccc(Cl)c3)c(NC(=O)c3cccc(Cl)c3)c2)c1. The lowest BCUT2D eigenvalue weighted by Gasteiger charge is -2.15. The molecule has 0 unspecified atom stereocenters. The van der Waals surface area contributed by atoms with Crippen molar-refractivity contribution >= 4 is 58.1 Å². The summed E-state index contributed by atoms with van der Waals surface area (Å²) in [5, 5.41) is 9.12. The third-order valence-corrected chi connectivity index (χ3v) is 6.37. The molecular formula is C31H25Cl2N3O4. The van der Waals surface area contributed by atoms with Crippen molar-refractivity contribution in [2.45, 2.75) is 13.3 Å². The standard InChI is InChI=1S/C31H25Cl2N3O4/c1-2-34-29(38)18-28(37)21-7-3-6-19(14-21)20-12-13-26(35-30(39)22-8-4-10-24(32)15-22)27(17-20)36-31(40)23-9-5-11-25(33)16-23/h3-17H,2,18H2,1H3,(H,34,38)(H,35,39)(H,36,40). The summed E-state index contributed by atoms with van der Waals surface area (Å²) in [6.45, 7) is 2.23. The molecule has 0 saturated carbocycles. The first kappa shape index (κ1) is 28.5. The van der Waals surface area contributed by atoms with E-state index in [1.807, 2.05) is 6.07 Å². The van der Waals surface area contributed by atoms with Crippen LogP contribution < -0.4 is 16.0 Å². The van der Waals surface area contributed by atoms with Crippen molar-refractivity contribution in [1.29, 1.82) is 0 Å². The van der Waals surface area contributed by atoms with Gasteiger partial charge in [-0.25, -0.2) is 0 Å². The Bertz CT molecular complexity index is 1600. The molecule has 4 aromatic carbocycles. The van der Waals surface area contributed by atoms with Crippen LogP contribution in [0.15, 0.2) is 91.0 Å². The van der Waals surface area contributed by atoms with E-state index in [2.05, 4.69) is 16.0 Å². The summed E-state index contributed by atoms with van der Waals surface area (Å²) in [6, 6.07) is 25.0. The molecule has 0 aliphatic rings. The second-order valence-corrected chi connectivity index (χ2v) is 9.70. The Morgan fingerprint density at radius 1 is 0.625 bits per heavy atom. The van der Waals surface area contributed by atoms with E-state index in [0.29, 0.717) is 55.8 Å². The zero-order chi connectivity index (χ0) is 28.6. The minimum atomic E-state index is -0.427. The second kappa shape index (κ2) is 13.1. The Labute approximate surface area is 241 Å². The van der Waals surface area contributed by atoms with Crippen LogP contribution in [0.2, 0.25) is 10.0 Å². The fourth-order valence-corrected chi connectivity index (χ4v) is 4.34. The molecule has 0 atom stereocenters. The maximum atomic E-state index is 13.1. The number of rotatable bonds is 9. The molecule has 202 valence electrons. The van der Waals surface area contributed by atoms with Gasteiger partial charge in [-0.3, -0.25) is 19.2 Å². The molecule has 0 aliphatic carbocycles. The Kier molecular flexibility index (Phi) is 9.32. The number of hydrogen-bond donors (Lipinski definition) is 3. The lowest BCUT2D eigenvalue weighted by molar-refractivity contribution is -0.120. The van der Waals surface area contributed by atoms with Crippen molar-refractivity contribution in [1.82, 2.24) is 5.32 Å². The van der Waals surface area contributed by atoms with Crippen molar-refractivity contribution in [3.63, 3.8) is 0 Å². The van der Waals surface area contributed by atoms with Gasteiger partial charge in [-0.1, -0.05) is 59.6 Å². The van der Waals surface area contributed by atoms with E-state index in [-0.39, 0.29) is 18.1 Å². The predicted molar refractivity (Wildman–Crippen MR) is 158 cm³/mol. The summed E-state index contributed by atoms with van der Waals surface area (Å²) >= 11 is 12.1. The van der Waals surface area contributed by atoms with Gasteiger partial charge in [0.2, 0.25) is 5.91 Å². The van der Waals surface area contributed by atoms with Gasteiger partial charge < -0.3 is 16.0 Å². The van der Waals surface area contributed by atoms with Crippen LogP contribution in [0.3, 0.4) is 0 Å². The van der Waals surface area contributed by atoms with Gasteiger partial charge in [-0.15, -0.1) is 0 Å². The quantitative estimate of drug-likeness (QED) is 0.150. The molecule has 0 saturated heterocycles. The largest absolute Gasteiger partial charge is 0.356 e. The first-order chi connectivity index (χ1) is 19.2. The van der Waals surface area contributed by atoms with E-state index in [0.717, 1.165) is 0 Å². The van der Waals surface area contributed by atoms with Crippen molar-refractivity contribution < 1.29 is 19.2 Å². The highest BCUT2D eigenvalue weighted by Gasteiger charge is 2.16. The molecule has 0 aromatic heterocycles. The van der Waals surface area contributed by atoms with Gasteiger partial charge in [0.15, 0.2) is 5.78 Å². The highest BCUT2D eigenvalue weighted by atomic mass is 35.5. The van der Waals surface area contributed by atoms with Crippen molar-refractivity contribution in [3.8, 4) is 11.1 Å². The van der Waals surface area contributed by atoms with E-state index in [1.54, 1.807) is 85.8 Å². The van der Waals surface area contributed by atoms with Crippen LogP contribution in [-0.2, 0) is 4.79 Å². The van der Waals surface area contributed by atoms with E-state index < -0.39 is 11.8 Å². The molecule has 9 heteroatoms. The second-order valence-electron chi connectivity index (χ2n) is 8.82. The van der Waals surface area contributed by atoms with Crippen LogP contribution in [-0.4, -0.2) is 30.0 Å². The van der Waals surface area contributed by atoms with Crippen molar-refractivity contribution in [3.05, 3.63) is 118 Å². The minimum absolute atomic E-state index is 0.257. The average Bonchev–Trinajstić information content (AvgIpc) is 2.94. The number of ketones is 1. The van der Waals surface area contributed by atoms with Gasteiger partial charge in [0.05, 0.1) is 17.8 Å². The van der Waals surface area contributed by atoms with Gasteiger partial charge in [0, 0.05) is 33.3 Å². The third kappa shape index (κ3) is 7.34. The molecule has 0 fully saturated rings. The maximum absolute atomic E-state index is 13.1. The van der Waals surface area contributed by atoms with Crippen molar-refractivity contribution in [2.75, 3.05) is 17.2 Å². The van der Waals surface area contributed by atoms with E-state index in [1.165, 1.54) is 6.07 Å². The summed E-state index contributed by atoms with van der Waals surface area (Å²) in [5.41, 5.74) is 3.11. The molecule has 3 N–H and O–H groups in total. The number of nitrogens with one attached hydrogen (secondary N) is 3. The van der Waals surface area contributed by atoms with Crippen LogP contribution in [0.4, 0.5) is 11.4 Å². The average molecular weight is 574 g/mol. The Morgan fingerprint density at radius 3 is 1.77 bits per heavy atom. The summed E-state index contributed by atoms with van der Waals surface area (Å²) in [4.78, 5) is 50.6. The van der Waals surface area contributed by atoms with Crippen LogP contribution in [0.25, 0.3) is 11.1 Å². The fourth-order valence-electron chi connectivity index (χ4n) is 3.96. The number of hydrogen-bond acceptors (Lipinski definition) is 4. The molecule has 0 bridgehead atoms. The molecule has 40 heavy (non-hydrogen) atoms. The summed E-state index contributed by atoms with van der Waals surface area (Å²) in [7, 11) is 0. The number of carbonyl (C=O) groups excluding carboxylic acids is 4. The van der Waals surface area contributed by atoms with Crippen LogP contribution >= 0.6 is 23.2 Å². The normalized spacial score (nSPS) is 10.5. The monoisotopic (exact) mass is 573 g/mol. The maximum Gasteiger partial charge on any atom is 0.255 e. The molecule has 0 heterocycles. The Morgan fingerprint density at radius 2 is 1.18 bits per heavy atom. The molecule has 0 radical (unpaired) electrons. The summed E-state index contributed by atoms with van der Waals surface area (Å²) < 4.78 is 0. The highest BCUT2D eigenvalue weighted by molar-refractivity contribution is 6.31. The molecule has 7 nitrogen and oxygen atoms in total. The smallest absolute Gasteiger partial charge is 0.255 e. The summed E-state index contributed by atoms with van der Waals surface area (Å²) in [5.74, 6) is -1.49. The zero-order valence-corrected chi connectivity index (χ0v) is 23.0. The first-order valence-electron chi connectivity index (χ1n) is 12.4. The van der Waals surface area contributed by atoms with E-state index >= 15 is 0 Å². The molecule has 3 amide bonds. The third-order valence-electron chi connectivity index (χ3n) is 5.90. The molecule has 4 aromatic rings. The van der Waals surface area contributed by atoms with Gasteiger partial charge in [0.25, 0.3) is 11.8 Å². The van der Waals surface area contributed by atoms with Crippen LogP contribution in [0.1, 0.15) is 44.4 Å². The van der Waals surface area contributed by atoms with Gasteiger partial charge in [-0.2, -0.15) is 0 Å². The predicted octanol–water partition coefficient (Wildman–Crippen LogP) is 6.87. The molecule has 4 rings (SSSR count). The van der Waals surface area contributed by atoms with E-state index in [9.17, 15) is 19.2 Å². The fraction of sp³-hybridized carbons (Fsp3) is 0.0968. The Balaban J connectivity index is 1.67. The zero-order valence-electron chi connectivity index (χ0n) is 21.5. The molecule has 0 aliphatic heterocycles. The number of Topliss-reactive ketones (excluding diaryl/α,β-unsaturated/α-hetero) is 1.